The molecule has 0 heterocycles. The number of hydrogen-bond donors (Lipinski definition) is 2. The second-order valence-electron chi connectivity index (χ2n) is 5.20. The number of aliphatic carboxylic acids is 1. The molecule has 0 fully saturated rings. The zero-order valence-corrected chi connectivity index (χ0v) is 14.1. The summed E-state index contributed by atoms with van der Waals surface area (Å²) < 4.78 is 0. The molecule has 0 unspecified atom stereocenters. The highest BCUT2D eigenvalue weighted by molar-refractivity contribution is 5.66. The van der Waals surface area contributed by atoms with E-state index in [0.717, 1.165) is 25.7 Å². The van der Waals surface area contributed by atoms with E-state index >= 15 is 0 Å². The third-order valence-electron chi connectivity index (χ3n) is 3.00. The van der Waals surface area contributed by atoms with Crippen LogP contribution in [0.15, 0.2) is 60.8 Å². The van der Waals surface area contributed by atoms with Gasteiger partial charge >= 0.3 is 5.97 Å². The fourth-order valence-electron chi connectivity index (χ4n) is 1.77. The molecule has 0 aliphatic carbocycles. The molecule has 0 bridgehead atoms. The van der Waals surface area contributed by atoms with E-state index in [4.69, 9.17) is 5.11 Å². The van der Waals surface area contributed by atoms with Crippen LogP contribution in [0.25, 0.3) is 0 Å². The first-order valence-corrected chi connectivity index (χ1v) is 8.35. The summed E-state index contributed by atoms with van der Waals surface area (Å²) in [4.78, 5) is 10.3. The maximum absolute atomic E-state index is 10.3. The van der Waals surface area contributed by atoms with Gasteiger partial charge in [0.15, 0.2) is 0 Å². The van der Waals surface area contributed by atoms with Gasteiger partial charge in [0.1, 0.15) is 0 Å². The van der Waals surface area contributed by atoms with Crippen LogP contribution in [0.5, 0.6) is 0 Å². The molecule has 3 heteroatoms. The van der Waals surface area contributed by atoms with Crippen LogP contribution < -0.4 is 0 Å². The highest BCUT2D eigenvalue weighted by Crippen LogP contribution is 2.00. The van der Waals surface area contributed by atoms with Crippen LogP contribution in [0, 0.1) is 0 Å². The minimum Gasteiger partial charge on any atom is -0.481 e. The zero-order valence-electron chi connectivity index (χ0n) is 14.1. The molecule has 0 radical (unpaired) electrons. The van der Waals surface area contributed by atoms with Crippen LogP contribution in [0.4, 0.5) is 0 Å². The second-order valence-corrected chi connectivity index (χ2v) is 5.20. The van der Waals surface area contributed by atoms with Gasteiger partial charge in [0.25, 0.3) is 0 Å². The summed E-state index contributed by atoms with van der Waals surface area (Å²) in [5.41, 5.74) is 0. The zero-order chi connectivity index (χ0) is 17.2. The average Bonchev–Trinajstić information content (AvgIpc) is 2.52. The van der Waals surface area contributed by atoms with Crippen LogP contribution >= 0.6 is 0 Å². The molecule has 3 nitrogen and oxygen atoms in total. The van der Waals surface area contributed by atoms with Crippen LogP contribution in [-0.2, 0) is 4.79 Å². The van der Waals surface area contributed by atoms with Crippen molar-refractivity contribution in [2.24, 2.45) is 0 Å². The SMILES string of the molecule is CC/C=C\C/C=C\C=C\[C@H](O)C/C=C\C/C=C\CCCC(=O)O. The number of aliphatic hydroxyl groups is 1. The first kappa shape index (κ1) is 21.1. The Morgan fingerprint density at radius 3 is 2.39 bits per heavy atom. The van der Waals surface area contributed by atoms with E-state index < -0.39 is 12.1 Å². The van der Waals surface area contributed by atoms with E-state index in [9.17, 15) is 9.90 Å². The van der Waals surface area contributed by atoms with Gasteiger partial charge in [0, 0.05) is 6.42 Å². The Morgan fingerprint density at radius 1 is 0.957 bits per heavy atom. The number of hydrogen-bond acceptors (Lipinski definition) is 2. The fraction of sp³-hybridized carbons (Fsp3) is 0.450. The Bertz CT molecular complexity index is 428. The monoisotopic (exact) mass is 318 g/mol. The lowest BCUT2D eigenvalue weighted by molar-refractivity contribution is -0.137. The lowest BCUT2D eigenvalue weighted by atomic mass is 10.2. The molecule has 0 spiro atoms. The van der Waals surface area contributed by atoms with Crippen molar-refractivity contribution in [1.82, 2.24) is 0 Å². The largest absolute Gasteiger partial charge is 0.481 e. The maximum atomic E-state index is 10.3. The van der Waals surface area contributed by atoms with Crippen molar-refractivity contribution in [3.05, 3.63) is 60.8 Å². The van der Waals surface area contributed by atoms with Crippen molar-refractivity contribution < 1.29 is 15.0 Å². The molecule has 0 rings (SSSR count). The first-order chi connectivity index (χ1) is 11.2. The lowest BCUT2D eigenvalue weighted by Crippen LogP contribution is -1.98. The Morgan fingerprint density at radius 2 is 1.65 bits per heavy atom. The van der Waals surface area contributed by atoms with Crippen molar-refractivity contribution >= 4 is 5.97 Å². The first-order valence-electron chi connectivity index (χ1n) is 8.35. The molecule has 0 aromatic rings. The van der Waals surface area contributed by atoms with Crippen LogP contribution in [0.1, 0.15) is 51.9 Å². The van der Waals surface area contributed by atoms with Crippen LogP contribution in [-0.4, -0.2) is 22.3 Å². The smallest absolute Gasteiger partial charge is 0.303 e. The van der Waals surface area contributed by atoms with Gasteiger partial charge < -0.3 is 10.2 Å². The van der Waals surface area contributed by atoms with Gasteiger partial charge in [-0.05, 0) is 38.5 Å². The highest BCUT2D eigenvalue weighted by Gasteiger charge is 1.93. The number of carboxylic acid groups (broad SMARTS) is 1. The van der Waals surface area contributed by atoms with Crippen molar-refractivity contribution in [2.45, 2.75) is 58.0 Å². The Hall–Kier alpha value is -1.87. The minimum atomic E-state index is -0.743. The molecule has 0 saturated carbocycles. The van der Waals surface area contributed by atoms with Gasteiger partial charge in [-0.2, -0.15) is 0 Å². The Labute approximate surface area is 140 Å². The van der Waals surface area contributed by atoms with Gasteiger partial charge in [0.2, 0.25) is 0 Å². The number of carbonyl (C=O) groups is 1. The van der Waals surface area contributed by atoms with Gasteiger partial charge in [-0.15, -0.1) is 0 Å². The van der Waals surface area contributed by atoms with E-state index in [1.165, 1.54) is 0 Å². The standard InChI is InChI=1S/C20H30O3/c1-2-3-4-5-7-10-13-16-19(21)17-14-11-8-6-9-12-15-18-20(22)23/h3-4,6-7,9-11,13-14,16,19,21H,2,5,8,12,15,17-18H2,1H3,(H,22,23)/b4-3-,9-6-,10-7-,14-11-,16-13+/t19-/m0/s1. The van der Waals surface area contributed by atoms with Crippen LogP contribution in [0.3, 0.4) is 0 Å². The minimum absolute atomic E-state index is 0.224. The molecule has 0 amide bonds. The molecular formula is C20H30O3. The number of unbranched alkanes of at least 4 members (excludes halogenated alkanes) is 1. The highest BCUT2D eigenvalue weighted by atomic mass is 16.4. The summed E-state index contributed by atoms with van der Waals surface area (Å²) in [7, 11) is 0. The number of aliphatic hydroxyl groups excluding tert-OH is 1. The predicted octanol–water partition coefficient (Wildman–Crippen LogP) is 4.96. The van der Waals surface area contributed by atoms with E-state index in [-0.39, 0.29) is 6.42 Å². The summed E-state index contributed by atoms with van der Waals surface area (Å²) in [6.07, 6.45) is 24.6. The molecule has 1 atom stereocenters. The molecule has 0 saturated heterocycles. The topological polar surface area (TPSA) is 57.5 Å². The van der Waals surface area contributed by atoms with E-state index in [1.54, 1.807) is 6.08 Å². The molecule has 0 aliphatic heterocycles. The van der Waals surface area contributed by atoms with Crippen molar-refractivity contribution in [1.29, 1.82) is 0 Å². The molecular weight excluding hydrogens is 288 g/mol. The third kappa shape index (κ3) is 18.1. The van der Waals surface area contributed by atoms with Gasteiger partial charge in [0.05, 0.1) is 6.10 Å². The molecule has 0 aliphatic rings. The summed E-state index contributed by atoms with van der Waals surface area (Å²) in [5, 5.41) is 18.2. The van der Waals surface area contributed by atoms with E-state index in [1.807, 2.05) is 36.5 Å². The third-order valence-corrected chi connectivity index (χ3v) is 3.00. The summed E-state index contributed by atoms with van der Waals surface area (Å²) in [6, 6.07) is 0. The fourth-order valence-corrected chi connectivity index (χ4v) is 1.77. The van der Waals surface area contributed by atoms with Crippen molar-refractivity contribution in [3.8, 4) is 0 Å². The molecule has 0 aromatic carbocycles. The van der Waals surface area contributed by atoms with Gasteiger partial charge in [-0.1, -0.05) is 67.7 Å². The Balaban J connectivity index is 3.67. The van der Waals surface area contributed by atoms with Gasteiger partial charge in [-0.25, -0.2) is 0 Å². The quantitative estimate of drug-likeness (QED) is 0.286. The number of allylic oxidation sites excluding steroid dienone is 8. The van der Waals surface area contributed by atoms with Gasteiger partial charge in [-0.3, -0.25) is 4.79 Å². The molecule has 128 valence electrons. The predicted molar refractivity (Wildman–Crippen MR) is 97.3 cm³/mol. The molecule has 0 aromatic heterocycles. The summed E-state index contributed by atoms with van der Waals surface area (Å²) in [6.45, 7) is 2.11. The average molecular weight is 318 g/mol. The number of rotatable bonds is 13. The number of carboxylic acids is 1. The maximum Gasteiger partial charge on any atom is 0.303 e. The van der Waals surface area contributed by atoms with Crippen molar-refractivity contribution in [2.75, 3.05) is 0 Å². The summed E-state index contributed by atoms with van der Waals surface area (Å²) in [5.74, 6) is -0.743. The second kappa shape index (κ2) is 16.5. The van der Waals surface area contributed by atoms with Crippen LogP contribution in [0.2, 0.25) is 0 Å². The van der Waals surface area contributed by atoms with E-state index in [2.05, 4.69) is 25.2 Å². The molecule has 2 N–H and O–H groups in total. The normalized spacial score (nSPS) is 14.2. The Kier molecular flexibility index (Phi) is 15.2. The van der Waals surface area contributed by atoms with Crippen molar-refractivity contribution in [3.63, 3.8) is 0 Å². The lowest BCUT2D eigenvalue weighted by Gasteiger charge is -1.98. The molecule has 23 heavy (non-hydrogen) atoms. The summed E-state index contributed by atoms with van der Waals surface area (Å²) >= 11 is 0. The van der Waals surface area contributed by atoms with E-state index in [0.29, 0.717) is 12.8 Å².